The van der Waals surface area contributed by atoms with Gasteiger partial charge in [0.2, 0.25) is 5.91 Å². The summed E-state index contributed by atoms with van der Waals surface area (Å²) in [4.78, 5) is 12.2. The molecule has 1 saturated carbocycles. The topological polar surface area (TPSA) is 55.1 Å². The predicted octanol–water partition coefficient (Wildman–Crippen LogP) is 3.15. The van der Waals surface area contributed by atoms with Gasteiger partial charge in [0.15, 0.2) is 0 Å². The summed E-state index contributed by atoms with van der Waals surface area (Å²) in [6.07, 6.45) is 6.87. The zero-order chi connectivity index (χ0) is 13.7. The summed E-state index contributed by atoms with van der Waals surface area (Å²) in [7, 11) is 0. The zero-order valence-electron chi connectivity index (χ0n) is 11.7. The molecule has 1 amide bonds. The fourth-order valence-corrected chi connectivity index (χ4v) is 3.58. The summed E-state index contributed by atoms with van der Waals surface area (Å²) >= 11 is 1.60. The maximum absolute atomic E-state index is 11.0. The first kappa shape index (κ1) is 14.5. The molecule has 1 aliphatic carbocycles. The Bertz CT molecular complexity index is 408. The van der Waals surface area contributed by atoms with E-state index in [0.717, 1.165) is 24.9 Å². The van der Waals surface area contributed by atoms with Crippen LogP contribution in [-0.4, -0.2) is 12.5 Å². The third kappa shape index (κ3) is 4.62. The van der Waals surface area contributed by atoms with Crippen molar-refractivity contribution >= 4 is 17.2 Å². The van der Waals surface area contributed by atoms with Gasteiger partial charge in [-0.15, -0.1) is 11.3 Å². The molecule has 1 aromatic rings. The molecule has 0 aromatic carbocycles. The van der Waals surface area contributed by atoms with Gasteiger partial charge in [-0.2, -0.15) is 0 Å². The molecule has 1 aromatic heterocycles. The van der Waals surface area contributed by atoms with Crippen LogP contribution in [0.2, 0.25) is 0 Å². The Hall–Kier alpha value is -0.870. The molecular weight excluding hydrogens is 256 g/mol. The lowest BCUT2D eigenvalue weighted by Crippen LogP contribution is -2.20. The van der Waals surface area contributed by atoms with Gasteiger partial charge in [0.1, 0.15) is 0 Å². The normalized spacial score (nSPS) is 23.4. The molecule has 0 bridgehead atoms. The van der Waals surface area contributed by atoms with E-state index >= 15 is 0 Å². The number of hydrogen-bond donors (Lipinski definition) is 2. The average molecular weight is 280 g/mol. The van der Waals surface area contributed by atoms with Crippen molar-refractivity contribution in [3.05, 3.63) is 21.9 Å². The Balaban J connectivity index is 1.62. The van der Waals surface area contributed by atoms with Crippen LogP contribution in [0.1, 0.15) is 54.3 Å². The molecule has 3 nitrogen and oxygen atoms in total. The Morgan fingerprint density at radius 1 is 1.42 bits per heavy atom. The van der Waals surface area contributed by atoms with Crippen LogP contribution in [0.3, 0.4) is 0 Å². The van der Waals surface area contributed by atoms with Crippen LogP contribution >= 0.6 is 11.3 Å². The monoisotopic (exact) mass is 280 g/mol. The van der Waals surface area contributed by atoms with Crippen molar-refractivity contribution in [1.29, 1.82) is 0 Å². The first-order chi connectivity index (χ1) is 9.15. The second-order valence-corrected chi connectivity index (χ2v) is 6.75. The highest BCUT2D eigenvalue weighted by Gasteiger charge is 2.17. The average Bonchev–Trinajstić information content (AvgIpc) is 2.86. The van der Waals surface area contributed by atoms with E-state index < -0.39 is 0 Å². The van der Waals surface area contributed by atoms with Gasteiger partial charge in [-0.25, -0.2) is 0 Å². The van der Waals surface area contributed by atoms with E-state index in [1.165, 1.54) is 37.0 Å². The number of carbonyl (C=O) groups excluding carboxylic acids is 1. The molecule has 106 valence electrons. The van der Waals surface area contributed by atoms with Crippen LogP contribution in [0.5, 0.6) is 0 Å². The second kappa shape index (κ2) is 7.06. The van der Waals surface area contributed by atoms with Crippen LogP contribution < -0.4 is 11.1 Å². The number of thiophene rings is 1. The lowest BCUT2D eigenvalue weighted by atomic mass is 9.81. The Kier molecular flexibility index (Phi) is 5.40. The summed E-state index contributed by atoms with van der Waals surface area (Å²) in [6, 6.07) is 1.89. The molecule has 0 saturated heterocycles. The van der Waals surface area contributed by atoms with Crippen molar-refractivity contribution in [2.75, 3.05) is 6.54 Å². The number of amides is 1. The number of hydrogen-bond acceptors (Lipinski definition) is 3. The molecule has 4 heteroatoms. The summed E-state index contributed by atoms with van der Waals surface area (Å²) in [5.74, 6) is 1.51. The third-order valence-electron chi connectivity index (χ3n) is 4.10. The van der Waals surface area contributed by atoms with E-state index in [0.29, 0.717) is 5.56 Å². The highest BCUT2D eigenvalue weighted by molar-refractivity contribution is 7.10. The highest BCUT2D eigenvalue weighted by atomic mass is 32.1. The van der Waals surface area contributed by atoms with Crippen molar-refractivity contribution in [1.82, 2.24) is 5.32 Å². The standard InChI is InChI=1S/C15H24N2OS/c1-11-2-4-12(5-3-11)6-7-17-9-14-8-13(10-19-14)15(16)18/h8,10-12,17H,2-7,9H2,1H3,(H2,16,18). The smallest absolute Gasteiger partial charge is 0.249 e. The maximum Gasteiger partial charge on any atom is 0.249 e. The van der Waals surface area contributed by atoms with Gasteiger partial charge < -0.3 is 11.1 Å². The second-order valence-electron chi connectivity index (χ2n) is 5.76. The first-order valence-electron chi connectivity index (χ1n) is 7.23. The van der Waals surface area contributed by atoms with Gasteiger partial charge in [0.05, 0.1) is 5.56 Å². The van der Waals surface area contributed by atoms with Gasteiger partial charge in [-0.3, -0.25) is 4.79 Å². The van der Waals surface area contributed by atoms with Gasteiger partial charge in [0.25, 0.3) is 0 Å². The number of nitrogens with one attached hydrogen (secondary N) is 1. The van der Waals surface area contributed by atoms with Crippen LogP contribution in [0.4, 0.5) is 0 Å². The van der Waals surface area contributed by atoms with Crippen molar-refractivity contribution in [3.63, 3.8) is 0 Å². The van der Waals surface area contributed by atoms with E-state index in [1.807, 2.05) is 11.4 Å². The highest BCUT2D eigenvalue weighted by Crippen LogP contribution is 2.29. The Labute approximate surface area is 119 Å². The van der Waals surface area contributed by atoms with Crippen LogP contribution in [-0.2, 0) is 6.54 Å². The molecule has 1 fully saturated rings. The Morgan fingerprint density at radius 2 is 2.16 bits per heavy atom. The van der Waals surface area contributed by atoms with Gasteiger partial charge in [0, 0.05) is 16.8 Å². The molecule has 0 atom stereocenters. The SMILES string of the molecule is CC1CCC(CCNCc2cc(C(N)=O)cs2)CC1. The number of rotatable bonds is 6. The Morgan fingerprint density at radius 3 is 2.79 bits per heavy atom. The molecule has 0 unspecified atom stereocenters. The summed E-state index contributed by atoms with van der Waals surface area (Å²) in [5.41, 5.74) is 5.87. The van der Waals surface area contributed by atoms with Crippen molar-refractivity contribution < 1.29 is 4.79 Å². The molecule has 2 rings (SSSR count). The summed E-state index contributed by atoms with van der Waals surface area (Å²) in [6.45, 7) is 4.28. The van der Waals surface area contributed by atoms with E-state index in [-0.39, 0.29) is 5.91 Å². The quantitative estimate of drug-likeness (QED) is 0.786. The van der Waals surface area contributed by atoms with E-state index in [2.05, 4.69) is 12.2 Å². The van der Waals surface area contributed by atoms with E-state index in [9.17, 15) is 4.79 Å². The van der Waals surface area contributed by atoms with Gasteiger partial charge in [-0.05, 0) is 30.9 Å². The molecule has 0 spiro atoms. The molecule has 1 aliphatic rings. The minimum absolute atomic E-state index is 0.334. The lowest BCUT2D eigenvalue weighted by molar-refractivity contribution is 0.100. The largest absolute Gasteiger partial charge is 0.366 e. The van der Waals surface area contributed by atoms with Crippen molar-refractivity contribution in [2.45, 2.75) is 45.6 Å². The van der Waals surface area contributed by atoms with E-state index in [4.69, 9.17) is 5.73 Å². The fraction of sp³-hybridized carbons (Fsp3) is 0.667. The van der Waals surface area contributed by atoms with Crippen LogP contribution in [0.25, 0.3) is 0 Å². The molecular formula is C15H24N2OS. The summed E-state index contributed by atoms with van der Waals surface area (Å²) in [5, 5.41) is 5.31. The number of primary amides is 1. The molecule has 1 heterocycles. The van der Waals surface area contributed by atoms with Gasteiger partial charge >= 0.3 is 0 Å². The minimum Gasteiger partial charge on any atom is -0.366 e. The van der Waals surface area contributed by atoms with Crippen molar-refractivity contribution in [3.8, 4) is 0 Å². The van der Waals surface area contributed by atoms with Crippen molar-refractivity contribution in [2.24, 2.45) is 17.6 Å². The van der Waals surface area contributed by atoms with E-state index in [1.54, 1.807) is 11.3 Å². The first-order valence-corrected chi connectivity index (χ1v) is 8.11. The van der Waals surface area contributed by atoms with Gasteiger partial charge in [-0.1, -0.05) is 32.6 Å². The minimum atomic E-state index is -0.334. The fourth-order valence-electron chi connectivity index (χ4n) is 2.74. The molecule has 19 heavy (non-hydrogen) atoms. The van der Waals surface area contributed by atoms with Crippen LogP contribution in [0, 0.1) is 11.8 Å². The zero-order valence-corrected chi connectivity index (χ0v) is 12.5. The lowest BCUT2D eigenvalue weighted by Gasteiger charge is -2.26. The number of carbonyl (C=O) groups is 1. The number of nitrogens with two attached hydrogens (primary N) is 1. The molecule has 3 N–H and O–H groups in total. The summed E-state index contributed by atoms with van der Waals surface area (Å²) < 4.78 is 0. The predicted molar refractivity (Wildman–Crippen MR) is 80.3 cm³/mol. The third-order valence-corrected chi connectivity index (χ3v) is 5.04. The maximum atomic E-state index is 11.0. The van der Waals surface area contributed by atoms with Crippen LogP contribution in [0.15, 0.2) is 11.4 Å². The molecule has 0 radical (unpaired) electrons. The molecule has 0 aliphatic heterocycles.